The maximum absolute atomic E-state index is 8.70. The molecule has 86 valence electrons. The van der Waals surface area contributed by atoms with E-state index >= 15 is 0 Å². The van der Waals surface area contributed by atoms with Gasteiger partial charge in [-0.3, -0.25) is 0 Å². The van der Waals surface area contributed by atoms with E-state index in [4.69, 9.17) is 5.26 Å². The summed E-state index contributed by atoms with van der Waals surface area (Å²) >= 11 is 4.75. The largest absolute Gasteiger partial charge is 0.315 e. The van der Waals surface area contributed by atoms with Gasteiger partial charge in [0.05, 0.1) is 12.5 Å². The zero-order valence-electron chi connectivity index (χ0n) is 8.88. The number of hydrogen-bond acceptors (Lipinski definition) is 5. The summed E-state index contributed by atoms with van der Waals surface area (Å²) in [4.78, 5) is 1.99. The van der Waals surface area contributed by atoms with Crippen LogP contribution in [0.1, 0.15) is 6.42 Å². The van der Waals surface area contributed by atoms with E-state index in [1.54, 1.807) is 0 Å². The lowest BCUT2D eigenvalue weighted by Crippen LogP contribution is -2.17. The fourth-order valence-electron chi connectivity index (χ4n) is 1.41. The molecule has 2 aromatic rings. The highest BCUT2D eigenvalue weighted by molar-refractivity contribution is 9.11. The number of rotatable bonds is 4. The van der Waals surface area contributed by atoms with Crippen LogP contribution in [0.15, 0.2) is 34.2 Å². The molecular formula is C11H9BrN4S. The quantitative estimate of drug-likeness (QED) is 0.869. The minimum Gasteiger partial charge on any atom is -0.315 e. The highest BCUT2D eigenvalue weighted by atomic mass is 79.9. The molecule has 0 saturated carbocycles. The van der Waals surface area contributed by atoms with Crippen molar-refractivity contribution >= 4 is 38.1 Å². The number of nitriles is 1. The zero-order valence-corrected chi connectivity index (χ0v) is 11.3. The number of anilines is 2. The lowest BCUT2D eigenvalue weighted by atomic mass is 10.3. The standard InChI is InChI=1S/C11H9BrN4S/c12-10-14-15-11(17-10)16(8-4-7-13)9-5-2-1-3-6-9/h1-3,5-6H,4,8H2. The van der Waals surface area contributed by atoms with Gasteiger partial charge in [0, 0.05) is 12.2 Å². The number of para-hydroxylation sites is 1. The van der Waals surface area contributed by atoms with Crippen molar-refractivity contribution in [1.82, 2.24) is 10.2 Å². The summed E-state index contributed by atoms with van der Waals surface area (Å²) in [6.45, 7) is 0.613. The molecule has 0 aliphatic carbocycles. The molecule has 0 N–H and O–H groups in total. The molecule has 1 heterocycles. The van der Waals surface area contributed by atoms with Gasteiger partial charge in [-0.2, -0.15) is 5.26 Å². The van der Waals surface area contributed by atoms with Crippen molar-refractivity contribution in [1.29, 1.82) is 5.26 Å². The molecule has 0 aliphatic heterocycles. The normalized spacial score (nSPS) is 9.88. The first kappa shape index (κ1) is 12.0. The second-order valence-electron chi connectivity index (χ2n) is 3.23. The van der Waals surface area contributed by atoms with E-state index < -0.39 is 0 Å². The Kier molecular flexibility index (Phi) is 4.07. The van der Waals surface area contributed by atoms with Crippen LogP contribution in [0.4, 0.5) is 10.8 Å². The van der Waals surface area contributed by atoms with E-state index in [0.717, 1.165) is 14.7 Å². The van der Waals surface area contributed by atoms with Gasteiger partial charge in [-0.05, 0) is 28.1 Å². The van der Waals surface area contributed by atoms with Gasteiger partial charge < -0.3 is 4.90 Å². The zero-order chi connectivity index (χ0) is 12.1. The summed E-state index contributed by atoms with van der Waals surface area (Å²) in [5.74, 6) is 0. The van der Waals surface area contributed by atoms with E-state index in [9.17, 15) is 0 Å². The summed E-state index contributed by atoms with van der Waals surface area (Å²) in [6, 6.07) is 12.0. The molecule has 4 nitrogen and oxygen atoms in total. The summed E-state index contributed by atoms with van der Waals surface area (Å²) in [6.07, 6.45) is 0.450. The molecule has 0 saturated heterocycles. The van der Waals surface area contributed by atoms with Crippen molar-refractivity contribution in [3.63, 3.8) is 0 Å². The molecule has 2 rings (SSSR count). The van der Waals surface area contributed by atoms with Crippen LogP contribution in [0.5, 0.6) is 0 Å². The summed E-state index contributed by atoms with van der Waals surface area (Å²) in [5, 5.41) is 17.5. The SMILES string of the molecule is N#CCCN(c1ccccc1)c1nnc(Br)s1. The van der Waals surface area contributed by atoms with Gasteiger partial charge in [0.25, 0.3) is 0 Å². The van der Waals surface area contributed by atoms with Crippen molar-refractivity contribution in [3.05, 3.63) is 34.2 Å². The van der Waals surface area contributed by atoms with Gasteiger partial charge in [0.2, 0.25) is 5.13 Å². The van der Waals surface area contributed by atoms with Crippen LogP contribution in [-0.2, 0) is 0 Å². The van der Waals surface area contributed by atoms with Crippen molar-refractivity contribution in [3.8, 4) is 6.07 Å². The first-order valence-corrected chi connectivity index (χ1v) is 6.61. The lowest BCUT2D eigenvalue weighted by molar-refractivity contribution is 0.919. The first-order chi connectivity index (χ1) is 8.31. The highest BCUT2D eigenvalue weighted by Gasteiger charge is 2.13. The van der Waals surface area contributed by atoms with Crippen LogP contribution in [0, 0.1) is 11.3 Å². The van der Waals surface area contributed by atoms with E-state index in [1.165, 1.54) is 11.3 Å². The van der Waals surface area contributed by atoms with Crippen LogP contribution in [-0.4, -0.2) is 16.7 Å². The Balaban J connectivity index is 2.29. The number of nitrogens with zero attached hydrogens (tertiary/aromatic N) is 4. The Bertz CT molecular complexity index is 520. The lowest BCUT2D eigenvalue weighted by Gasteiger charge is -2.19. The molecule has 17 heavy (non-hydrogen) atoms. The monoisotopic (exact) mass is 308 g/mol. The van der Waals surface area contributed by atoms with Gasteiger partial charge in [-0.25, -0.2) is 0 Å². The van der Waals surface area contributed by atoms with Crippen LogP contribution < -0.4 is 4.90 Å². The molecule has 0 radical (unpaired) electrons. The van der Waals surface area contributed by atoms with Gasteiger partial charge in [-0.1, -0.05) is 29.5 Å². The van der Waals surface area contributed by atoms with Crippen LogP contribution in [0.2, 0.25) is 0 Å². The molecule has 0 amide bonds. The van der Waals surface area contributed by atoms with Crippen molar-refractivity contribution in [2.75, 3.05) is 11.4 Å². The second-order valence-corrected chi connectivity index (χ2v) is 5.46. The van der Waals surface area contributed by atoms with E-state index in [-0.39, 0.29) is 0 Å². The molecule has 0 unspecified atom stereocenters. The Hall–Kier alpha value is -1.45. The predicted octanol–water partition coefficient (Wildman–Crippen LogP) is 3.35. The molecule has 0 spiro atoms. The van der Waals surface area contributed by atoms with Gasteiger partial charge in [0.15, 0.2) is 3.92 Å². The average molecular weight is 309 g/mol. The first-order valence-electron chi connectivity index (χ1n) is 5.00. The predicted molar refractivity (Wildman–Crippen MR) is 71.3 cm³/mol. The van der Waals surface area contributed by atoms with Gasteiger partial charge >= 0.3 is 0 Å². The molecule has 0 fully saturated rings. The Labute approximate surface area is 112 Å². The topological polar surface area (TPSA) is 52.8 Å². The highest BCUT2D eigenvalue weighted by Crippen LogP contribution is 2.30. The fourth-order valence-corrected chi connectivity index (χ4v) is 2.55. The number of halogens is 1. The van der Waals surface area contributed by atoms with E-state index in [0.29, 0.717) is 13.0 Å². The maximum Gasteiger partial charge on any atom is 0.213 e. The summed E-state index contributed by atoms with van der Waals surface area (Å²) in [7, 11) is 0. The summed E-state index contributed by atoms with van der Waals surface area (Å²) in [5.41, 5.74) is 1.02. The minimum absolute atomic E-state index is 0.450. The average Bonchev–Trinajstić information content (AvgIpc) is 2.78. The Morgan fingerprint density at radius 1 is 1.29 bits per heavy atom. The molecule has 0 atom stereocenters. The van der Waals surface area contributed by atoms with Crippen molar-refractivity contribution in [2.24, 2.45) is 0 Å². The third-order valence-corrected chi connectivity index (χ3v) is 3.51. The second kappa shape index (κ2) is 5.75. The summed E-state index contributed by atoms with van der Waals surface area (Å²) < 4.78 is 0.741. The smallest absolute Gasteiger partial charge is 0.213 e. The van der Waals surface area contributed by atoms with Gasteiger partial charge in [-0.15, -0.1) is 10.2 Å². The molecule has 1 aromatic carbocycles. The van der Waals surface area contributed by atoms with Crippen molar-refractivity contribution < 1.29 is 0 Å². The maximum atomic E-state index is 8.70. The number of benzene rings is 1. The number of aromatic nitrogens is 2. The molecule has 6 heteroatoms. The third kappa shape index (κ3) is 3.02. The molecular weight excluding hydrogens is 300 g/mol. The minimum atomic E-state index is 0.450. The van der Waals surface area contributed by atoms with Crippen LogP contribution in [0.25, 0.3) is 0 Å². The van der Waals surface area contributed by atoms with E-state index in [2.05, 4.69) is 32.2 Å². The van der Waals surface area contributed by atoms with Crippen LogP contribution >= 0.6 is 27.3 Å². The number of hydrogen-bond donors (Lipinski definition) is 0. The molecule has 1 aromatic heterocycles. The van der Waals surface area contributed by atoms with Gasteiger partial charge in [0.1, 0.15) is 0 Å². The molecule has 0 aliphatic rings. The Morgan fingerprint density at radius 2 is 2.06 bits per heavy atom. The van der Waals surface area contributed by atoms with Crippen LogP contribution in [0.3, 0.4) is 0 Å². The third-order valence-electron chi connectivity index (χ3n) is 2.14. The Morgan fingerprint density at radius 3 is 2.65 bits per heavy atom. The fraction of sp³-hybridized carbons (Fsp3) is 0.182. The van der Waals surface area contributed by atoms with Crippen molar-refractivity contribution in [2.45, 2.75) is 6.42 Å². The van der Waals surface area contributed by atoms with E-state index in [1.807, 2.05) is 35.2 Å². The molecule has 0 bridgehead atoms.